The zero-order chi connectivity index (χ0) is 18.9. The van der Waals surface area contributed by atoms with Crippen molar-refractivity contribution in [3.63, 3.8) is 0 Å². The van der Waals surface area contributed by atoms with Crippen LogP contribution in [0.2, 0.25) is 0 Å². The zero-order valence-corrected chi connectivity index (χ0v) is 15.5. The van der Waals surface area contributed by atoms with Gasteiger partial charge in [-0.2, -0.15) is 8.42 Å². The minimum absolute atomic E-state index is 0.0416. The van der Waals surface area contributed by atoms with E-state index in [-0.39, 0.29) is 16.7 Å². The Bertz CT molecular complexity index is 989. The van der Waals surface area contributed by atoms with E-state index in [1.165, 1.54) is 0 Å². The highest BCUT2D eigenvalue weighted by atomic mass is 32.2. The van der Waals surface area contributed by atoms with Crippen molar-refractivity contribution in [1.82, 2.24) is 15.2 Å². The molecular weight excluding hydrogens is 364 g/mol. The maximum absolute atomic E-state index is 12.6. The van der Waals surface area contributed by atoms with Gasteiger partial charge in [0.2, 0.25) is 5.91 Å². The molecule has 2 aliphatic heterocycles. The van der Waals surface area contributed by atoms with E-state index in [4.69, 9.17) is 0 Å². The largest absolute Gasteiger partial charge is 0.355 e. The highest BCUT2D eigenvalue weighted by Crippen LogP contribution is 2.29. The first kappa shape index (κ1) is 17.7. The molecule has 1 N–H and O–H groups in total. The lowest BCUT2D eigenvalue weighted by atomic mass is 9.96. The topological polar surface area (TPSA) is 91.7 Å². The van der Waals surface area contributed by atoms with Crippen LogP contribution in [0.5, 0.6) is 0 Å². The molecule has 7 nitrogen and oxygen atoms in total. The quantitative estimate of drug-likeness (QED) is 0.867. The molecule has 0 bridgehead atoms. The van der Waals surface area contributed by atoms with Gasteiger partial charge in [-0.1, -0.05) is 18.2 Å². The Morgan fingerprint density at radius 3 is 2.81 bits per heavy atom. The van der Waals surface area contributed by atoms with Gasteiger partial charge in [-0.25, -0.2) is 0 Å². The number of amides is 1. The number of carbonyl (C=O) groups excluding carboxylic acids is 1. The normalized spacial score (nSPS) is 20.7. The van der Waals surface area contributed by atoms with Crippen LogP contribution in [-0.4, -0.2) is 43.1 Å². The fraction of sp³-hybridized carbons (Fsp3) is 0.316. The number of aromatic nitrogens is 1. The molecule has 1 aromatic carbocycles. The van der Waals surface area contributed by atoms with E-state index in [0.29, 0.717) is 31.0 Å². The minimum atomic E-state index is -3.65. The number of hydrogen-bond acceptors (Lipinski definition) is 5. The van der Waals surface area contributed by atoms with Gasteiger partial charge in [0, 0.05) is 24.8 Å². The second-order valence-corrected chi connectivity index (χ2v) is 8.28. The number of nitrogens with zero attached hydrogens (tertiary/aromatic N) is 3. The van der Waals surface area contributed by atoms with Crippen LogP contribution < -0.4 is 5.32 Å². The van der Waals surface area contributed by atoms with E-state index in [0.717, 1.165) is 18.5 Å². The van der Waals surface area contributed by atoms with E-state index in [2.05, 4.69) is 14.7 Å². The number of fused-ring (bicyclic) bond motifs is 1. The third kappa shape index (κ3) is 3.57. The first-order chi connectivity index (χ1) is 13.0. The highest BCUT2D eigenvalue weighted by Gasteiger charge is 2.35. The van der Waals surface area contributed by atoms with Crippen LogP contribution in [0.15, 0.2) is 58.0 Å². The van der Waals surface area contributed by atoms with Crippen molar-refractivity contribution in [2.24, 2.45) is 10.3 Å². The van der Waals surface area contributed by atoms with E-state index < -0.39 is 10.0 Å². The lowest BCUT2D eigenvalue weighted by Gasteiger charge is -2.33. The molecule has 2 aliphatic rings. The van der Waals surface area contributed by atoms with Gasteiger partial charge in [0.1, 0.15) is 4.90 Å². The first-order valence-electron chi connectivity index (χ1n) is 8.91. The minimum Gasteiger partial charge on any atom is -0.355 e. The number of sulfonamides is 1. The van der Waals surface area contributed by atoms with E-state index in [1.807, 2.05) is 23.1 Å². The van der Waals surface area contributed by atoms with Crippen LogP contribution in [0.3, 0.4) is 0 Å². The van der Waals surface area contributed by atoms with Gasteiger partial charge < -0.3 is 10.2 Å². The number of benzene rings is 1. The van der Waals surface area contributed by atoms with Crippen molar-refractivity contribution in [2.75, 3.05) is 13.1 Å². The maximum Gasteiger partial charge on any atom is 0.285 e. The number of pyridine rings is 1. The van der Waals surface area contributed by atoms with Crippen molar-refractivity contribution < 1.29 is 13.2 Å². The molecule has 0 aliphatic carbocycles. The summed E-state index contributed by atoms with van der Waals surface area (Å²) < 4.78 is 28.5. The Hall–Kier alpha value is -2.74. The average Bonchev–Trinajstić information content (AvgIpc) is 2.98. The molecule has 1 aromatic heterocycles. The molecule has 1 atom stereocenters. The van der Waals surface area contributed by atoms with Crippen molar-refractivity contribution in [1.29, 1.82) is 0 Å². The highest BCUT2D eigenvalue weighted by molar-refractivity contribution is 7.90. The summed E-state index contributed by atoms with van der Waals surface area (Å²) in [6.45, 7) is 1.53. The first-order valence-corrected chi connectivity index (χ1v) is 10.4. The van der Waals surface area contributed by atoms with Crippen LogP contribution in [0.1, 0.15) is 24.1 Å². The second-order valence-electron chi connectivity index (χ2n) is 6.71. The van der Waals surface area contributed by atoms with Crippen LogP contribution in [-0.2, 0) is 21.4 Å². The molecule has 0 unspecified atom stereocenters. The molecule has 27 heavy (non-hydrogen) atoms. The standard InChI is InChI=1S/C19H20N4O3S/c24-19(21-12-15-7-3-4-10-20-15)14-6-5-11-23(13-14)18-16-8-1-2-9-17(16)27(25,26)22-18/h1-4,7-10,14H,5-6,11-13H2,(H,21,24)/t14-/m0/s1. The maximum atomic E-state index is 12.6. The number of rotatable bonds is 3. The fourth-order valence-corrected chi connectivity index (χ4v) is 4.75. The van der Waals surface area contributed by atoms with E-state index in [9.17, 15) is 13.2 Å². The van der Waals surface area contributed by atoms with Gasteiger partial charge in [0.15, 0.2) is 5.84 Å². The number of likely N-dealkylation sites (tertiary alicyclic amines) is 1. The van der Waals surface area contributed by atoms with Crippen LogP contribution in [0.4, 0.5) is 0 Å². The molecule has 1 fully saturated rings. The van der Waals surface area contributed by atoms with Crippen LogP contribution >= 0.6 is 0 Å². The van der Waals surface area contributed by atoms with Gasteiger partial charge in [-0.3, -0.25) is 9.78 Å². The summed E-state index contributed by atoms with van der Waals surface area (Å²) in [6.07, 6.45) is 3.27. The van der Waals surface area contributed by atoms with E-state index >= 15 is 0 Å². The summed E-state index contributed by atoms with van der Waals surface area (Å²) in [6, 6.07) is 12.4. The summed E-state index contributed by atoms with van der Waals surface area (Å²) in [7, 11) is -3.65. The smallest absolute Gasteiger partial charge is 0.285 e. The summed E-state index contributed by atoms with van der Waals surface area (Å²) in [5.41, 5.74) is 1.42. The Morgan fingerprint density at radius 2 is 2.00 bits per heavy atom. The molecule has 1 saturated heterocycles. The van der Waals surface area contributed by atoms with Crippen molar-refractivity contribution in [2.45, 2.75) is 24.3 Å². The Balaban J connectivity index is 1.47. The summed E-state index contributed by atoms with van der Waals surface area (Å²) in [5.74, 6) is 0.202. The lowest BCUT2D eigenvalue weighted by molar-refractivity contribution is -0.126. The predicted molar refractivity (Wildman–Crippen MR) is 101 cm³/mol. The molecule has 4 rings (SSSR count). The molecule has 1 amide bonds. The molecule has 0 radical (unpaired) electrons. The fourth-order valence-electron chi connectivity index (χ4n) is 3.52. The summed E-state index contributed by atoms with van der Waals surface area (Å²) >= 11 is 0. The van der Waals surface area contributed by atoms with Gasteiger partial charge in [-0.15, -0.1) is 4.40 Å². The number of amidine groups is 1. The molecule has 140 valence electrons. The number of nitrogens with one attached hydrogen (secondary N) is 1. The van der Waals surface area contributed by atoms with Crippen LogP contribution in [0, 0.1) is 5.92 Å². The van der Waals surface area contributed by atoms with Gasteiger partial charge >= 0.3 is 0 Å². The Morgan fingerprint density at radius 1 is 1.19 bits per heavy atom. The molecular formula is C19H20N4O3S. The Labute approximate surface area is 158 Å². The van der Waals surface area contributed by atoms with Crippen LogP contribution in [0.25, 0.3) is 0 Å². The number of hydrogen-bond donors (Lipinski definition) is 1. The monoisotopic (exact) mass is 384 g/mol. The molecule has 0 saturated carbocycles. The lowest BCUT2D eigenvalue weighted by Crippen LogP contribution is -2.45. The third-order valence-corrected chi connectivity index (χ3v) is 6.20. The van der Waals surface area contributed by atoms with Gasteiger partial charge in [0.25, 0.3) is 10.0 Å². The third-order valence-electron chi connectivity index (χ3n) is 4.87. The molecule has 0 spiro atoms. The summed E-state index contributed by atoms with van der Waals surface area (Å²) in [5, 5.41) is 2.93. The predicted octanol–water partition coefficient (Wildman–Crippen LogP) is 1.56. The Kier molecular flexibility index (Phi) is 4.65. The molecule has 8 heteroatoms. The second kappa shape index (κ2) is 7.11. The molecule has 2 aromatic rings. The van der Waals surface area contributed by atoms with Crippen molar-refractivity contribution in [3.05, 3.63) is 59.9 Å². The zero-order valence-electron chi connectivity index (χ0n) is 14.7. The van der Waals surface area contributed by atoms with Crippen molar-refractivity contribution in [3.8, 4) is 0 Å². The molecule has 3 heterocycles. The van der Waals surface area contributed by atoms with Gasteiger partial charge in [0.05, 0.1) is 18.2 Å². The summed E-state index contributed by atoms with van der Waals surface area (Å²) in [4.78, 5) is 18.9. The van der Waals surface area contributed by atoms with Gasteiger partial charge in [-0.05, 0) is 37.1 Å². The number of piperidine rings is 1. The van der Waals surface area contributed by atoms with E-state index in [1.54, 1.807) is 30.5 Å². The SMILES string of the molecule is O=C(NCc1ccccn1)[C@H]1CCCN(C2=NS(=O)(=O)c3ccccc32)C1. The van der Waals surface area contributed by atoms with Crippen molar-refractivity contribution >= 4 is 21.8 Å². The number of carbonyl (C=O) groups is 1. The average molecular weight is 384 g/mol.